The van der Waals surface area contributed by atoms with Gasteiger partial charge in [0.25, 0.3) is 0 Å². The van der Waals surface area contributed by atoms with Gasteiger partial charge >= 0.3 is 5.97 Å². The zero-order chi connectivity index (χ0) is 14.9. The van der Waals surface area contributed by atoms with Crippen LogP contribution in [-0.4, -0.2) is 32.0 Å². The maximum absolute atomic E-state index is 13.5. The molecular formula is C13H14BrFO4S. The summed E-state index contributed by atoms with van der Waals surface area (Å²) in [5, 5.41) is -0.479. The molecule has 0 bridgehead atoms. The average Bonchev–Trinajstić information content (AvgIpc) is 2.80. The van der Waals surface area contributed by atoms with Crippen molar-refractivity contribution in [3.8, 4) is 0 Å². The average molecular weight is 365 g/mol. The molecular weight excluding hydrogens is 351 g/mol. The second-order valence-electron chi connectivity index (χ2n) is 4.92. The molecule has 0 saturated heterocycles. The molecule has 0 unspecified atom stereocenters. The van der Waals surface area contributed by atoms with E-state index in [1.807, 2.05) is 0 Å². The first-order chi connectivity index (χ1) is 9.27. The van der Waals surface area contributed by atoms with Crippen LogP contribution in [0.1, 0.15) is 29.6 Å². The fourth-order valence-corrected chi connectivity index (χ4v) is 3.75. The summed E-state index contributed by atoms with van der Waals surface area (Å²) in [5.74, 6) is -1.42. The number of halogens is 2. The third-order valence-electron chi connectivity index (χ3n) is 3.36. The van der Waals surface area contributed by atoms with Gasteiger partial charge in [-0.3, -0.25) is 0 Å². The Labute approximate surface area is 125 Å². The highest BCUT2D eigenvalue weighted by atomic mass is 79.9. The molecule has 1 aromatic carbocycles. The van der Waals surface area contributed by atoms with E-state index in [2.05, 4.69) is 15.9 Å². The standard InChI is InChI=1S/C13H14BrFO4S/c1-20(17,18)10-4-3-9(7-10)19-13(16)11-6-8(14)2-5-12(11)15/h2,5-6,9-10H,3-4,7H2,1H3/t9-,10+/m0/s1. The van der Waals surface area contributed by atoms with Gasteiger partial charge in [0, 0.05) is 17.1 Å². The van der Waals surface area contributed by atoms with Gasteiger partial charge in [-0.15, -0.1) is 0 Å². The number of sulfone groups is 1. The first kappa shape index (κ1) is 15.4. The van der Waals surface area contributed by atoms with Crippen molar-refractivity contribution >= 4 is 31.7 Å². The summed E-state index contributed by atoms with van der Waals surface area (Å²) in [5.41, 5.74) is -0.151. The monoisotopic (exact) mass is 364 g/mol. The molecule has 1 saturated carbocycles. The van der Waals surface area contributed by atoms with Crippen LogP contribution in [0.5, 0.6) is 0 Å². The smallest absolute Gasteiger partial charge is 0.341 e. The van der Waals surface area contributed by atoms with Gasteiger partial charge in [-0.1, -0.05) is 15.9 Å². The van der Waals surface area contributed by atoms with Crippen molar-refractivity contribution in [1.29, 1.82) is 0 Å². The molecule has 0 aromatic heterocycles. The first-order valence-electron chi connectivity index (χ1n) is 6.12. The Balaban J connectivity index is 2.05. The summed E-state index contributed by atoms with van der Waals surface area (Å²) in [4.78, 5) is 11.9. The van der Waals surface area contributed by atoms with Crippen molar-refractivity contribution in [2.75, 3.05) is 6.26 Å². The molecule has 1 fully saturated rings. The van der Waals surface area contributed by atoms with E-state index in [1.165, 1.54) is 24.5 Å². The summed E-state index contributed by atoms with van der Waals surface area (Å²) in [6.07, 6.45) is 1.94. The Morgan fingerprint density at radius 3 is 2.70 bits per heavy atom. The molecule has 0 radical (unpaired) electrons. The number of ether oxygens (including phenoxy) is 1. The van der Waals surface area contributed by atoms with E-state index in [0.717, 1.165) is 0 Å². The normalized spacial score (nSPS) is 22.8. The van der Waals surface area contributed by atoms with E-state index in [9.17, 15) is 17.6 Å². The van der Waals surface area contributed by atoms with Crippen molar-refractivity contribution < 1.29 is 22.3 Å². The Bertz CT molecular complexity index is 629. The van der Waals surface area contributed by atoms with Crippen LogP contribution in [0.25, 0.3) is 0 Å². The highest BCUT2D eigenvalue weighted by Crippen LogP contribution is 2.28. The van der Waals surface area contributed by atoms with Crippen LogP contribution in [0, 0.1) is 5.82 Å². The first-order valence-corrected chi connectivity index (χ1v) is 8.87. The third-order valence-corrected chi connectivity index (χ3v) is 5.50. The number of carbonyl (C=O) groups excluding carboxylic acids is 1. The van der Waals surface area contributed by atoms with Gasteiger partial charge in [-0.05, 0) is 31.0 Å². The molecule has 1 aliphatic rings. The van der Waals surface area contributed by atoms with Gasteiger partial charge in [-0.25, -0.2) is 17.6 Å². The topological polar surface area (TPSA) is 60.4 Å². The second-order valence-corrected chi connectivity index (χ2v) is 8.16. The quantitative estimate of drug-likeness (QED) is 0.773. The number of esters is 1. The molecule has 0 amide bonds. The predicted octanol–water partition coefficient (Wildman–Crippen LogP) is 2.71. The van der Waals surface area contributed by atoms with Crippen molar-refractivity contribution in [2.24, 2.45) is 0 Å². The van der Waals surface area contributed by atoms with Crippen molar-refractivity contribution in [3.63, 3.8) is 0 Å². The van der Waals surface area contributed by atoms with Crippen LogP contribution < -0.4 is 0 Å². The highest BCUT2D eigenvalue weighted by Gasteiger charge is 2.34. The third kappa shape index (κ3) is 3.58. The predicted molar refractivity (Wildman–Crippen MR) is 75.8 cm³/mol. The summed E-state index contributed by atoms with van der Waals surface area (Å²) in [7, 11) is -3.12. The lowest BCUT2D eigenvalue weighted by molar-refractivity contribution is 0.0313. The summed E-state index contributed by atoms with van der Waals surface area (Å²) in [6.45, 7) is 0. The molecule has 110 valence electrons. The van der Waals surface area contributed by atoms with Crippen LogP contribution in [0.15, 0.2) is 22.7 Å². The lowest BCUT2D eigenvalue weighted by atomic mass is 10.2. The Morgan fingerprint density at radius 1 is 1.40 bits per heavy atom. The zero-order valence-electron chi connectivity index (χ0n) is 10.8. The lowest BCUT2D eigenvalue weighted by Crippen LogP contribution is -2.20. The van der Waals surface area contributed by atoms with Gasteiger partial charge in [0.05, 0.1) is 10.8 Å². The number of carbonyl (C=O) groups is 1. The van der Waals surface area contributed by atoms with E-state index in [0.29, 0.717) is 17.3 Å². The SMILES string of the molecule is CS(=O)(=O)[C@@H]1CC[C@H](OC(=O)c2cc(Br)ccc2F)C1. The van der Waals surface area contributed by atoms with E-state index in [4.69, 9.17) is 4.74 Å². The number of hydrogen-bond acceptors (Lipinski definition) is 4. The van der Waals surface area contributed by atoms with E-state index < -0.39 is 33.0 Å². The van der Waals surface area contributed by atoms with E-state index in [1.54, 1.807) is 0 Å². The van der Waals surface area contributed by atoms with Crippen LogP contribution in [0.4, 0.5) is 4.39 Å². The molecule has 0 spiro atoms. The summed E-state index contributed by atoms with van der Waals surface area (Å²) < 4.78 is 42.2. The van der Waals surface area contributed by atoms with Crippen LogP contribution in [-0.2, 0) is 14.6 Å². The van der Waals surface area contributed by atoms with Crippen LogP contribution in [0.2, 0.25) is 0 Å². The van der Waals surface area contributed by atoms with Crippen LogP contribution in [0.3, 0.4) is 0 Å². The lowest BCUT2D eigenvalue weighted by Gasteiger charge is -2.12. The maximum Gasteiger partial charge on any atom is 0.341 e. The number of benzene rings is 1. The molecule has 0 N–H and O–H groups in total. The minimum atomic E-state index is -3.12. The fraction of sp³-hybridized carbons (Fsp3) is 0.462. The number of hydrogen-bond donors (Lipinski definition) is 0. The highest BCUT2D eigenvalue weighted by molar-refractivity contribution is 9.10. The second kappa shape index (κ2) is 5.81. The molecule has 7 heteroatoms. The molecule has 4 nitrogen and oxygen atoms in total. The van der Waals surface area contributed by atoms with Gasteiger partial charge in [0.15, 0.2) is 0 Å². The summed E-state index contributed by atoms with van der Waals surface area (Å²) >= 11 is 3.16. The van der Waals surface area contributed by atoms with Gasteiger partial charge < -0.3 is 4.74 Å². The maximum atomic E-state index is 13.5. The van der Waals surface area contributed by atoms with Crippen molar-refractivity contribution in [1.82, 2.24) is 0 Å². The zero-order valence-corrected chi connectivity index (χ0v) is 13.2. The molecule has 20 heavy (non-hydrogen) atoms. The fourth-order valence-electron chi connectivity index (χ4n) is 2.27. The van der Waals surface area contributed by atoms with Crippen molar-refractivity contribution in [3.05, 3.63) is 34.1 Å². The van der Waals surface area contributed by atoms with E-state index in [-0.39, 0.29) is 12.0 Å². The van der Waals surface area contributed by atoms with E-state index >= 15 is 0 Å². The van der Waals surface area contributed by atoms with Gasteiger partial charge in [-0.2, -0.15) is 0 Å². The molecule has 2 atom stereocenters. The van der Waals surface area contributed by atoms with Gasteiger partial charge in [0.2, 0.25) is 0 Å². The minimum absolute atomic E-state index is 0.151. The summed E-state index contributed by atoms with van der Waals surface area (Å²) in [6, 6.07) is 4.01. The number of rotatable bonds is 3. The largest absolute Gasteiger partial charge is 0.459 e. The Hall–Kier alpha value is -0.950. The minimum Gasteiger partial charge on any atom is -0.459 e. The van der Waals surface area contributed by atoms with Gasteiger partial charge in [0.1, 0.15) is 21.8 Å². The molecule has 1 aliphatic carbocycles. The van der Waals surface area contributed by atoms with Crippen molar-refractivity contribution in [2.45, 2.75) is 30.6 Å². The van der Waals surface area contributed by atoms with Crippen LogP contribution >= 0.6 is 15.9 Å². The Morgan fingerprint density at radius 2 is 2.10 bits per heavy atom. The molecule has 0 aliphatic heterocycles. The Kier molecular flexibility index (Phi) is 4.49. The molecule has 1 aromatic rings. The molecule has 0 heterocycles. The molecule has 2 rings (SSSR count).